The number of nitrogens with one attached hydrogen (secondary N) is 2. The van der Waals surface area contributed by atoms with Crippen LogP contribution in [0.15, 0.2) is 55.2 Å². The van der Waals surface area contributed by atoms with Gasteiger partial charge in [0.05, 0.1) is 28.9 Å². The molecule has 1 atom stereocenters. The Balaban J connectivity index is 1.62. The molecule has 0 amide bonds. The van der Waals surface area contributed by atoms with Gasteiger partial charge in [0.2, 0.25) is 5.82 Å². The lowest BCUT2D eigenvalue weighted by atomic mass is 9.99. The van der Waals surface area contributed by atoms with Crippen molar-refractivity contribution in [1.82, 2.24) is 24.9 Å². The molecule has 5 aromatic rings. The molecular weight excluding hydrogens is 496 g/mol. The fourth-order valence-electron chi connectivity index (χ4n) is 4.37. The fourth-order valence-corrected chi connectivity index (χ4v) is 4.52. The second kappa shape index (κ2) is 9.70. The average molecular weight is 521 g/mol. The number of hydrogen-bond acceptors (Lipinski definition) is 8. The summed E-state index contributed by atoms with van der Waals surface area (Å²) in [7, 11) is 0. The van der Waals surface area contributed by atoms with Gasteiger partial charge in [-0.15, -0.1) is 0 Å². The number of aromatic nitrogens is 5. The zero-order chi connectivity index (χ0) is 26.3. The summed E-state index contributed by atoms with van der Waals surface area (Å²) in [6, 6.07) is 6.85. The Morgan fingerprint density at radius 3 is 2.76 bits per heavy atom. The second-order valence-electron chi connectivity index (χ2n) is 8.95. The van der Waals surface area contributed by atoms with Crippen molar-refractivity contribution in [3.05, 3.63) is 79.3 Å². The molecule has 0 bridgehead atoms. The van der Waals surface area contributed by atoms with E-state index in [-0.39, 0.29) is 22.4 Å². The Kier molecular flexibility index (Phi) is 6.43. The summed E-state index contributed by atoms with van der Waals surface area (Å²) in [5, 5.41) is 12.3. The van der Waals surface area contributed by atoms with Gasteiger partial charge in [0, 0.05) is 23.9 Å². The predicted molar refractivity (Wildman–Crippen MR) is 141 cm³/mol. The van der Waals surface area contributed by atoms with E-state index in [9.17, 15) is 9.59 Å². The number of H-pyrrole nitrogens is 1. The van der Waals surface area contributed by atoms with E-state index in [1.165, 1.54) is 0 Å². The van der Waals surface area contributed by atoms with E-state index in [4.69, 9.17) is 16.0 Å². The number of anilines is 1. The van der Waals surface area contributed by atoms with E-state index in [1.807, 2.05) is 36.9 Å². The zero-order valence-corrected chi connectivity index (χ0v) is 21.5. The third-order valence-electron chi connectivity index (χ3n) is 6.10. The first-order valence-corrected chi connectivity index (χ1v) is 12.2. The number of fused-ring (bicyclic) bond motifs is 1. The summed E-state index contributed by atoms with van der Waals surface area (Å²) in [5.41, 5.74) is 4.25. The standard InChI is InChI=1S/C26H25ClN6O4/c1-5-8-33-12-16(11-28-33)23-14(3)22(34)18-10-13(2)9-17(24(18)36-23)15(4)29-19-6-7-20(27)30-21(19)25-31-26(35)37-32-25/h6-7,9-12,15,29H,5,8H2,1-4H3,(H,31,32,35)/t15-/m1/s1. The van der Waals surface area contributed by atoms with Crippen LogP contribution in [0.5, 0.6) is 0 Å². The molecular formula is C26H25ClN6O4. The van der Waals surface area contributed by atoms with Gasteiger partial charge < -0.3 is 9.73 Å². The van der Waals surface area contributed by atoms with Gasteiger partial charge in [-0.1, -0.05) is 29.7 Å². The second-order valence-corrected chi connectivity index (χ2v) is 9.34. The molecule has 37 heavy (non-hydrogen) atoms. The summed E-state index contributed by atoms with van der Waals surface area (Å²) < 4.78 is 12.9. The molecule has 0 saturated carbocycles. The van der Waals surface area contributed by atoms with Crippen molar-refractivity contribution in [1.29, 1.82) is 0 Å². The lowest BCUT2D eigenvalue weighted by Crippen LogP contribution is -2.13. The third-order valence-corrected chi connectivity index (χ3v) is 6.31. The maximum absolute atomic E-state index is 13.4. The summed E-state index contributed by atoms with van der Waals surface area (Å²) in [6.07, 6.45) is 4.55. The van der Waals surface area contributed by atoms with Crippen molar-refractivity contribution in [3.8, 4) is 22.8 Å². The van der Waals surface area contributed by atoms with E-state index >= 15 is 0 Å². The minimum atomic E-state index is -0.701. The molecule has 4 aromatic heterocycles. The van der Waals surface area contributed by atoms with E-state index < -0.39 is 5.76 Å². The van der Waals surface area contributed by atoms with Crippen molar-refractivity contribution in [2.75, 3.05) is 5.32 Å². The number of aromatic amines is 1. The monoisotopic (exact) mass is 520 g/mol. The number of pyridine rings is 1. The molecule has 1 aromatic carbocycles. The molecule has 2 N–H and O–H groups in total. The highest BCUT2D eigenvalue weighted by Gasteiger charge is 2.21. The number of rotatable bonds is 7. The van der Waals surface area contributed by atoms with Gasteiger partial charge in [-0.2, -0.15) is 5.10 Å². The van der Waals surface area contributed by atoms with Gasteiger partial charge in [-0.3, -0.25) is 19.0 Å². The maximum atomic E-state index is 13.4. The highest BCUT2D eigenvalue weighted by Crippen LogP contribution is 2.34. The van der Waals surface area contributed by atoms with Crippen LogP contribution in [-0.4, -0.2) is 24.9 Å². The quantitative estimate of drug-likeness (QED) is 0.278. The molecule has 0 fully saturated rings. The van der Waals surface area contributed by atoms with Gasteiger partial charge >= 0.3 is 5.76 Å². The topological polar surface area (TPSA) is 132 Å². The molecule has 11 heteroatoms. The predicted octanol–water partition coefficient (Wildman–Crippen LogP) is 5.25. The number of nitrogens with zero attached hydrogens (tertiary/aromatic N) is 4. The van der Waals surface area contributed by atoms with Crippen molar-refractivity contribution < 1.29 is 8.94 Å². The number of aryl methyl sites for hydroxylation is 2. The van der Waals surface area contributed by atoms with Crippen LogP contribution in [0, 0.1) is 13.8 Å². The Labute approximate surface area is 216 Å². The number of benzene rings is 1. The van der Waals surface area contributed by atoms with Gasteiger partial charge in [-0.05, 0) is 51.0 Å². The summed E-state index contributed by atoms with van der Waals surface area (Å²) in [4.78, 5) is 31.8. The maximum Gasteiger partial charge on any atom is 0.439 e. The van der Waals surface area contributed by atoms with Gasteiger partial charge in [-0.25, -0.2) is 9.78 Å². The van der Waals surface area contributed by atoms with E-state index in [0.29, 0.717) is 33.7 Å². The van der Waals surface area contributed by atoms with Crippen molar-refractivity contribution >= 4 is 28.3 Å². The average Bonchev–Trinajstić information content (AvgIpc) is 3.51. The lowest BCUT2D eigenvalue weighted by Gasteiger charge is -2.19. The van der Waals surface area contributed by atoms with Crippen LogP contribution in [0.1, 0.15) is 43.0 Å². The Hall–Kier alpha value is -4.18. The molecule has 5 rings (SSSR count). The number of halogens is 1. The molecule has 10 nitrogen and oxygen atoms in total. The highest BCUT2D eigenvalue weighted by atomic mass is 35.5. The first-order valence-electron chi connectivity index (χ1n) is 11.9. The normalized spacial score (nSPS) is 12.2. The first kappa shape index (κ1) is 24.5. The smallest absolute Gasteiger partial charge is 0.439 e. The minimum Gasteiger partial charge on any atom is -0.455 e. The molecule has 190 valence electrons. The van der Waals surface area contributed by atoms with Crippen molar-refractivity contribution in [2.24, 2.45) is 0 Å². The molecule has 0 unspecified atom stereocenters. The van der Waals surface area contributed by atoms with Crippen LogP contribution in [0.4, 0.5) is 5.69 Å². The van der Waals surface area contributed by atoms with Crippen LogP contribution in [-0.2, 0) is 6.54 Å². The Morgan fingerprint density at radius 1 is 1.22 bits per heavy atom. The van der Waals surface area contributed by atoms with Crippen molar-refractivity contribution in [3.63, 3.8) is 0 Å². The molecule has 0 aliphatic rings. The van der Waals surface area contributed by atoms with Crippen molar-refractivity contribution in [2.45, 2.75) is 46.7 Å². The molecule has 0 aliphatic heterocycles. The molecule has 0 aliphatic carbocycles. The lowest BCUT2D eigenvalue weighted by molar-refractivity contribution is 0.388. The van der Waals surface area contributed by atoms with Crippen LogP contribution in [0.2, 0.25) is 5.15 Å². The Bertz CT molecular complexity index is 1730. The SMILES string of the molecule is CCCn1cc(-c2oc3c([C@@H](C)Nc4ccc(Cl)nc4-c4noc(=O)[nH]4)cc(C)cc3c(=O)c2C)cn1. The van der Waals surface area contributed by atoms with Gasteiger partial charge in [0.25, 0.3) is 0 Å². The van der Waals surface area contributed by atoms with E-state index in [1.54, 1.807) is 25.3 Å². The largest absolute Gasteiger partial charge is 0.455 e. The van der Waals surface area contributed by atoms with Gasteiger partial charge in [0.1, 0.15) is 22.2 Å². The Morgan fingerprint density at radius 2 is 2.03 bits per heavy atom. The third kappa shape index (κ3) is 4.67. The van der Waals surface area contributed by atoms with Crippen LogP contribution in [0.25, 0.3) is 33.8 Å². The number of hydrogen-bond donors (Lipinski definition) is 2. The van der Waals surface area contributed by atoms with Gasteiger partial charge in [0.15, 0.2) is 5.43 Å². The molecule has 0 saturated heterocycles. The van der Waals surface area contributed by atoms with E-state index in [0.717, 1.165) is 29.7 Å². The van der Waals surface area contributed by atoms with Crippen LogP contribution < -0.4 is 16.5 Å². The fraction of sp³-hybridized carbons (Fsp3) is 0.269. The molecule has 4 heterocycles. The van der Waals surface area contributed by atoms with Crippen LogP contribution >= 0.6 is 11.6 Å². The molecule has 0 spiro atoms. The summed E-state index contributed by atoms with van der Waals surface area (Å²) in [6.45, 7) is 8.50. The van der Waals surface area contributed by atoms with Crippen LogP contribution in [0.3, 0.4) is 0 Å². The summed E-state index contributed by atoms with van der Waals surface area (Å²) >= 11 is 6.11. The minimum absolute atomic E-state index is 0.0920. The summed E-state index contributed by atoms with van der Waals surface area (Å²) in [5.74, 6) is -0.0663. The van der Waals surface area contributed by atoms with E-state index in [2.05, 4.69) is 37.0 Å². The first-order chi connectivity index (χ1) is 17.7. The zero-order valence-electron chi connectivity index (χ0n) is 20.8. The molecule has 0 radical (unpaired) electrons. The highest BCUT2D eigenvalue weighted by molar-refractivity contribution is 6.29.